The van der Waals surface area contributed by atoms with Crippen LogP contribution in [0.2, 0.25) is 0 Å². The van der Waals surface area contributed by atoms with E-state index in [4.69, 9.17) is 4.74 Å². The number of amides is 1. The van der Waals surface area contributed by atoms with Gasteiger partial charge in [0.1, 0.15) is 5.60 Å². The van der Waals surface area contributed by atoms with Gasteiger partial charge < -0.3 is 15.0 Å². The van der Waals surface area contributed by atoms with Gasteiger partial charge in [0.15, 0.2) is 0 Å². The molecule has 0 aromatic carbocycles. The van der Waals surface area contributed by atoms with E-state index >= 15 is 0 Å². The first-order valence-corrected chi connectivity index (χ1v) is 8.98. The van der Waals surface area contributed by atoms with Crippen LogP contribution in [0, 0.1) is 0 Å². The Morgan fingerprint density at radius 3 is 2.19 bits per heavy atom. The van der Waals surface area contributed by atoms with Crippen molar-refractivity contribution in [3.05, 3.63) is 0 Å². The summed E-state index contributed by atoms with van der Waals surface area (Å²) in [4.78, 5) is 14.1. The van der Waals surface area contributed by atoms with Gasteiger partial charge in [-0.1, -0.05) is 0 Å². The molecule has 124 valence electrons. The van der Waals surface area contributed by atoms with Crippen LogP contribution in [-0.2, 0) is 4.74 Å². The maximum atomic E-state index is 12.3. The van der Waals surface area contributed by atoms with E-state index in [9.17, 15) is 4.79 Å². The van der Waals surface area contributed by atoms with Crippen molar-refractivity contribution < 1.29 is 9.53 Å². The van der Waals surface area contributed by atoms with Crippen LogP contribution in [0.5, 0.6) is 0 Å². The van der Waals surface area contributed by atoms with Crippen LogP contribution in [-0.4, -0.2) is 52.8 Å². The van der Waals surface area contributed by atoms with E-state index in [0.717, 1.165) is 13.1 Å². The van der Waals surface area contributed by atoms with Gasteiger partial charge in [-0.05, 0) is 60.6 Å². The van der Waals surface area contributed by atoms with Crippen LogP contribution in [0.15, 0.2) is 0 Å². The molecular weight excluding hydrogens is 284 g/mol. The van der Waals surface area contributed by atoms with E-state index in [1.165, 1.54) is 12.8 Å². The monoisotopic (exact) mass is 316 g/mol. The second-order valence-corrected chi connectivity index (χ2v) is 9.14. The maximum Gasteiger partial charge on any atom is 0.410 e. The number of rotatable bonds is 6. The molecule has 0 spiro atoms. The van der Waals surface area contributed by atoms with E-state index in [2.05, 4.69) is 11.6 Å². The molecular formula is C16H32N2O2S. The van der Waals surface area contributed by atoms with Gasteiger partial charge in [-0.25, -0.2) is 4.79 Å². The van der Waals surface area contributed by atoms with Crippen LogP contribution in [0.25, 0.3) is 0 Å². The quantitative estimate of drug-likeness (QED) is 0.762. The molecule has 21 heavy (non-hydrogen) atoms. The van der Waals surface area contributed by atoms with E-state index < -0.39 is 5.60 Å². The fourth-order valence-electron chi connectivity index (χ4n) is 2.12. The topological polar surface area (TPSA) is 41.6 Å². The summed E-state index contributed by atoms with van der Waals surface area (Å²) < 4.78 is 5.97. The highest BCUT2D eigenvalue weighted by Gasteiger charge is 2.41. The number of hydrogen-bond donors (Lipinski definition) is 1. The fraction of sp³-hybridized carbons (Fsp3) is 0.938. The average molecular weight is 317 g/mol. The van der Waals surface area contributed by atoms with Crippen molar-refractivity contribution in [1.82, 2.24) is 10.2 Å². The molecule has 1 aliphatic carbocycles. The molecule has 1 N–H and O–H groups in total. The summed E-state index contributed by atoms with van der Waals surface area (Å²) in [6, 6.07) is 0. The Hall–Kier alpha value is -0.420. The summed E-state index contributed by atoms with van der Waals surface area (Å²) in [5.41, 5.74) is -0.689. The molecule has 1 saturated carbocycles. The highest BCUT2D eigenvalue weighted by atomic mass is 32.2. The third-order valence-electron chi connectivity index (χ3n) is 3.62. The summed E-state index contributed by atoms with van der Waals surface area (Å²) in [6.07, 6.45) is 4.55. The molecule has 1 amide bonds. The zero-order chi connectivity index (χ0) is 16.3. The van der Waals surface area contributed by atoms with Gasteiger partial charge >= 0.3 is 6.09 Å². The van der Waals surface area contributed by atoms with E-state index in [1.807, 2.05) is 58.2 Å². The number of thioether (sulfide) groups is 1. The number of carbonyl (C=O) groups is 1. The van der Waals surface area contributed by atoms with Crippen LogP contribution in [0.3, 0.4) is 0 Å². The van der Waals surface area contributed by atoms with Crippen LogP contribution in [0.1, 0.15) is 54.4 Å². The molecule has 5 heteroatoms. The van der Waals surface area contributed by atoms with E-state index in [1.54, 1.807) is 0 Å². The van der Waals surface area contributed by atoms with Gasteiger partial charge in [0.2, 0.25) is 0 Å². The highest BCUT2D eigenvalue weighted by Crippen LogP contribution is 2.46. The molecule has 1 aliphatic rings. The van der Waals surface area contributed by atoms with Crippen molar-refractivity contribution in [1.29, 1.82) is 0 Å². The predicted molar refractivity (Wildman–Crippen MR) is 91.0 cm³/mol. The van der Waals surface area contributed by atoms with Crippen molar-refractivity contribution in [2.24, 2.45) is 0 Å². The van der Waals surface area contributed by atoms with Crippen molar-refractivity contribution in [2.75, 3.05) is 25.9 Å². The van der Waals surface area contributed by atoms with Gasteiger partial charge in [0.05, 0.1) is 0 Å². The van der Waals surface area contributed by atoms with Gasteiger partial charge in [0.25, 0.3) is 0 Å². The lowest BCUT2D eigenvalue weighted by Crippen LogP contribution is -2.50. The van der Waals surface area contributed by atoms with E-state index in [0.29, 0.717) is 11.3 Å². The molecule has 0 bridgehead atoms. The lowest BCUT2D eigenvalue weighted by atomic mass is 10.1. The summed E-state index contributed by atoms with van der Waals surface area (Å²) in [5, 5.41) is 3.49. The third-order valence-corrected chi connectivity index (χ3v) is 5.04. The summed E-state index contributed by atoms with van der Waals surface area (Å²) in [6.45, 7) is 14.3. The average Bonchev–Trinajstić information content (AvgIpc) is 3.05. The predicted octanol–water partition coefficient (Wildman–Crippen LogP) is 3.51. The zero-order valence-corrected chi connectivity index (χ0v) is 15.5. The normalized spacial score (nSPS) is 17.5. The van der Waals surface area contributed by atoms with Crippen molar-refractivity contribution in [2.45, 2.75) is 70.3 Å². The largest absolute Gasteiger partial charge is 0.444 e. The summed E-state index contributed by atoms with van der Waals surface area (Å²) >= 11 is 1.95. The minimum Gasteiger partial charge on any atom is -0.444 e. The lowest BCUT2D eigenvalue weighted by molar-refractivity contribution is 0.00666. The van der Waals surface area contributed by atoms with Crippen molar-refractivity contribution >= 4 is 17.9 Å². The first kappa shape index (κ1) is 18.6. The number of carbonyl (C=O) groups excluding carboxylic acids is 1. The van der Waals surface area contributed by atoms with Gasteiger partial charge in [-0.3, -0.25) is 0 Å². The van der Waals surface area contributed by atoms with Crippen LogP contribution >= 0.6 is 11.8 Å². The molecule has 0 saturated heterocycles. The number of hydrogen-bond acceptors (Lipinski definition) is 4. The van der Waals surface area contributed by atoms with Gasteiger partial charge in [0, 0.05) is 29.9 Å². The van der Waals surface area contributed by atoms with Crippen LogP contribution < -0.4 is 5.32 Å². The standard InChI is InChI=1S/C16H32N2O2S/c1-14(2,3)18(13(19)20-15(4,5)6)11-10-17-12-16(21-7)8-9-16/h17H,8-12H2,1-7H3. The Morgan fingerprint density at radius 2 is 1.81 bits per heavy atom. The summed E-state index contributed by atoms with van der Waals surface area (Å²) in [5.74, 6) is 0. The zero-order valence-electron chi connectivity index (χ0n) is 14.7. The number of nitrogens with one attached hydrogen (secondary N) is 1. The lowest BCUT2D eigenvalue weighted by Gasteiger charge is -2.37. The molecule has 1 fully saturated rings. The second-order valence-electron chi connectivity index (χ2n) is 7.87. The number of ether oxygens (including phenoxy) is 1. The molecule has 0 aromatic heterocycles. The Bertz CT molecular complexity index is 354. The Balaban J connectivity index is 2.45. The molecule has 0 aromatic rings. The van der Waals surface area contributed by atoms with Gasteiger partial charge in [-0.15, -0.1) is 0 Å². The minimum absolute atomic E-state index is 0.234. The highest BCUT2D eigenvalue weighted by molar-refractivity contribution is 8.00. The first-order valence-electron chi connectivity index (χ1n) is 7.76. The molecule has 0 unspecified atom stereocenters. The van der Waals surface area contributed by atoms with Crippen molar-refractivity contribution in [3.8, 4) is 0 Å². The molecule has 0 radical (unpaired) electrons. The molecule has 4 nitrogen and oxygen atoms in total. The van der Waals surface area contributed by atoms with Gasteiger partial charge in [-0.2, -0.15) is 11.8 Å². The smallest absolute Gasteiger partial charge is 0.410 e. The van der Waals surface area contributed by atoms with E-state index in [-0.39, 0.29) is 11.6 Å². The molecule has 0 aliphatic heterocycles. The fourth-order valence-corrected chi connectivity index (χ4v) is 2.87. The summed E-state index contributed by atoms with van der Waals surface area (Å²) in [7, 11) is 0. The molecule has 0 atom stereocenters. The number of nitrogens with zero attached hydrogens (tertiary/aromatic N) is 1. The van der Waals surface area contributed by atoms with Crippen LogP contribution in [0.4, 0.5) is 4.79 Å². The SMILES string of the molecule is CSC1(CNCCN(C(=O)OC(C)(C)C)C(C)(C)C)CC1. The first-order chi connectivity index (χ1) is 9.49. The maximum absolute atomic E-state index is 12.3. The Kier molecular flexibility index (Phi) is 6.01. The van der Waals surface area contributed by atoms with Crippen molar-refractivity contribution in [3.63, 3.8) is 0 Å². The molecule has 0 heterocycles. The molecule has 1 rings (SSSR count). The minimum atomic E-state index is -0.453. The Morgan fingerprint density at radius 1 is 1.24 bits per heavy atom. The Labute approximate surface area is 134 Å². The third kappa shape index (κ3) is 6.47. The second kappa shape index (κ2) is 6.78.